The Morgan fingerprint density at radius 3 is 2.67 bits per heavy atom. The fraction of sp³-hybridized carbons (Fsp3) is 0.214. The third kappa shape index (κ3) is 4.78. The number of hydrogen-bond acceptors (Lipinski definition) is 2. The van der Waals surface area contributed by atoms with Crippen LogP contribution in [0.25, 0.3) is 0 Å². The zero-order valence-corrected chi connectivity index (χ0v) is 13.7. The molecular weight excluding hydrogens is 360 g/mol. The highest BCUT2D eigenvalue weighted by molar-refractivity contribution is 9.10. The zero-order chi connectivity index (χ0) is 15.2. The van der Waals surface area contributed by atoms with E-state index < -0.39 is 11.6 Å². The molecule has 7 heteroatoms. The molecule has 0 spiro atoms. The van der Waals surface area contributed by atoms with E-state index in [9.17, 15) is 8.78 Å². The highest BCUT2D eigenvalue weighted by Gasteiger charge is 2.05. The van der Waals surface area contributed by atoms with E-state index in [1.807, 2.05) is 11.4 Å². The van der Waals surface area contributed by atoms with Gasteiger partial charge in [0.05, 0.1) is 6.54 Å². The standard InChI is InChI=1S/C14H14BrF2N3S/c1-18-14(20-7-12-5-10(15)8-21-12)19-6-9-4-11(16)2-3-13(9)17/h2-5,8H,6-7H2,1H3,(H2,18,19,20). The minimum absolute atomic E-state index is 0.164. The van der Waals surface area contributed by atoms with Gasteiger partial charge in [-0.2, -0.15) is 0 Å². The minimum atomic E-state index is -0.459. The molecule has 2 rings (SSSR count). The SMILES string of the molecule is CN=C(NCc1cc(Br)cs1)NCc1cc(F)ccc1F. The molecule has 0 aliphatic rings. The fourth-order valence-corrected chi connectivity index (χ4v) is 3.09. The van der Waals surface area contributed by atoms with E-state index in [-0.39, 0.29) is 12.1 Å². The Hall–Kier alpha value is -1.47. The van der Waals surface area contributed by atoms with Crippen LogP contribution in [0.1, 0.15) is 10.4 Å². The van der Waals surface area contributed by atoms with E-state index >= 15 is 0 Å². The molecule has 0 bridgehead atoms. The first-order chi connectivity index (χ1) is 10.1. The van der Waals surface area contributed by atoms with E-state index in [0.29, 0.717) is 12.5 Å². The average molecular weight is 374 g/mol. The number of hydrogen-bond donors (Lipinski definition) is 2. The van der Waals surface area contributed by atoms with E-state index in [4.69, 9.17) is 0 Å². The zero-order valence-electron chi connectivity index (χ0n) is 11.3. The van der Waals surface area contributed by atoms with Crippen LogP contribution in [0.2, 0.25) is 0 Å². The maximum atomic E-state index is 13.5. The topological polar surface area (TPSA) is 36.4 Å². The van der Waals surface area contributed by atoms with Gasteiger partial charge in [-0.25, -0.2) is 8.78 Å². The van der Waals surface area contributed by atoms with Gasteiger partial charge in [0.15, 0.2) is 5.96 Å². The van der Waals surface area contributed by atoms with Gasteiger partial charge in [-0.3, -0.25) is 4.99 Å². The van der Waals surface area contributed by atoms with Crippen LogP contribution in [0.15, 0.2) is 39.1 Å². The number of benzene rings is 1. The molecule has 0 amide bonds. The monoisotopic (exact) mass is 373 g/mol. The smallest absolute Gasteiger partial charge is 0.191 e. The largest absolute Gasteiger partial charge is 0.352 e. The number of rotatable bonds is 4. The van der Waals surface area contributed by atoms with Crippen molar-refractivity contribution in [2.75, 3.05) is 7.05 Å². The summed E-state index contributed by atoms with van der Waals surface area (Å²) in [5.41, 5.74) is 0.261. The lowest BCUT2D eigenvalue weighted by atomic mass is 10.2. The molecule has 0 radical (unpaired) electrons. The highest BCUT2D eigenvalue weighted by Crippen LogP contribution is 2.19. The van der Waals surface area contributed by atoms with E-state index in [2.05, 4.69) is 31.6 Å². The summed E-state index contributed by atoms with van der Waals surface area (Å²) in [7, 11) is 1.63. The number of halogens is 3. The Labute approximate surface area is 134 Å². The summed E-state index contributed by atoms with van der Waals surface area (Å²) in [6.45, 7) is 0.777. The molecule has 0 saturated heterocycles. The highest BCUT2D eigenvalue weighted by atomic mass is 79.9. The van der Waals surface area contributed by atoms with Crippen molar-refractivity contribution < 1.29 is 8.78 Å². The van der Waals surface area contributed by atoms with Gasteiger partial charge in [0.2, 0.25) is 0 Å². The number of nitrogens with one attached hydrogen (secondary N) is 2. The molecule has 2 N–H and O–H groups in total. The number of aliphatic imine (C=N–C) groups is 1. The first kappa shape index (κ1) is 15.9. The van der Waals surface area contributed by atoms with Gasteiger partial charge in [-0.15, -0.1) is 11.3 Å². The molecule has 112 valence electrons. The molecule has 1 heterocycles. The van der Waals surface area contributed by atoms with Crippen LogP contribution >= 0.6 is 27.3 Å². The van der Waals surface area contributed by atoms with Crippen molar-refractivity contribution in [1.29, 1.82) is 0 Å². The van der Waals surface area contributed by atoms with E-state index in [0.717, 1.165) is 21.5 Å². The first-order valence-electron chi connectivity index (χ1n) is 6.20. The summed E-state index contributed by atoms with van der Waals surface area (Å²) in [5, 5.41) is 8.07. The van der Waals surface area contributed by atoms with Crippen LogP contribution in [0.4, 0.5) is 8.78 Å². The van der Waals surface area contributed by atoms with E-state index in [1.54, 1.807) is 18.4 Å². The van der Waals surface area contributed by atoms with Gasteiger partial charge in [0, 0.05) is 33.9 Å². The molecule has 0 aliphatic heterocycles. The molecule has 0 aliphatic carbocycles. The summed E-state index contributed by atoms with van der Waals surface area (Å²) >= 11 is 5.01. The predicted octanol–water partition coefficient (Wildman–Crippen LogP) is 3.65. The van der Waals surface area contributed by atoms with Gasteiger partial charge in [0.25, 0.3) is 0 Å². The van der Waals surface area contributed by atoms with Crippen LogP contribution < -0.4 is 10.6 Å². The quantitative estimate of drug-likeness (QED) is 0.633. The maximum absolute atomic E-state index is 13.5. The average Bonchev–Trinajstić information content (AvgIpc) is 2.88. The van der Waals surface area contributed by atoms with Crippen LogP contribution in [0.3, 0.4) is 0 Å². The Kier molecular flexibility index (Phi) is 5.69. The van der Waals surface area contributed by atoms with Gasteiger partial charge in [-0.05, 0) is 40.2 Å². The van der Waals surface area contributed by atoms with Crippen molar-refractivity contribution in [3.05, 3.63) is 56.2 Å². The van der Waals surface area contributed by atoms with Crippen LogP contribution in [-0.4, -0.2) is 13.0 Å². The lowest BCUT2D eigenvalue weighted by Crippen LogP contribution is -2.36. The first-order valence-corrected chi connectivity index (χ1v) is 7.87. The van der Waals surface area contributed by atoms with Crippen molar-refractivity contribution in [3.63, 3.8) is 0 Å². The van der Waals surface area contributed by atoms with Crippen LogP contribution in [0, 0.1) is 11.6 Å². The predicted molar refractivity (Wildman–Crippen MR) is 85.4 cm³/mol. The molecule has 0 fully saturated rings. The summed E-state index contributed by atoms with van der Waals surface area (Å²) in [4.78, 5) is 5.19. The third-order valence-corrected chi connectivity index (χ3v) is 4.43. The molecule has 0 atom stereocenters. The number of nitrogens with zero attached hydrogens (tertiary/aromatic N) is 1. The van der Waals surface area contributed by atoms with Crippen LogP contribution in [-0.2, 0) is 13.1 Å². The molecule has 0 saturated carbocycles. The fourth-order valence-electron chi connectivity index (χ4n) is 1.70. The molecule has 0 unspecified atom stereocenters. The number of thiophene rings is 1. The van der Waals surface area contributed by atoms with Crippen molar-refractivity contribution in [1.82, 2.24) is 10.6 Å². The second-order valence-electron chi connectivity index (χ2n) is 4.25. The van der Waals surface area contributed by atoms with Crippen LogP contribution in [0.5, 0.6) is 0 Å². The van der Waals surface area contributed by atoms with Gasteiger partial charge in [0.1, 0.15) is 11.6 Å². The second-order valence-corrected chi connectivity index (χ2v) is 6.16. The normalized spacial score (nSPS) is 11.5. The maximum Gasteiger partial charge on any atom is 0.191 e. The van der Waals surface area contributed by atoms with E-state index in [1.165, 1.54) is 6.07 Å². The summed E-state index contributed by atoms with van der Waals surface area (Å²) < 4.78 is 27.6. The molecule has 3 nitrogen and oxygen atoms in total. The van der Waals surface area contributed by atoms with Crippen molar-refractivity contribution in [3.8, 4) is 0 Å². The Morgan fingerprint density at radius 2 is 2.00 bits per heavy atom. The summed E-state index contributed by atoms with van der Waals surface area (Å²) in [6.07, 6.45) is 0. The molecule has 2 aromatic rings. The Bertz CT molecular complexity index is 643. The van der Waals surface area contributed by atoms with Gasteiger partial charge in [-0.1, -0.05) is 0 Å². The van der Waals surface area contributed by atoms with Gasteiger partial charge >= 0.3 is 0 Å². The second kappa shape index (κ2) is 7.51. The summed E-state index contributed by atoms with van der Waals surface area (Å²) in [5.74, 6) is -0.371. The Balaban J connectivity index is 1.89. The molecule has 1 aromatic heterocycles. The van der Waals surface area contributed by atoms with Gasteiger partial charge < -0.3 is 10.6 Å². The van der Waals surface area contributed by atoms with Crippen molar-refractivity contribution in [2.24, 2.45) is 4.99 Å². The summed E-state index contributed by atoms with van der Waals surface area (Å²) in [6, 6.07) is 5.40. The Morgan fingerprint density at radius 1 is 1.24 bits per heavy atom. The number of guanidine groups is 1. The van der Waals surface area contributed by atoms with Crippen molar-refractivity contribution >= 4 is 33.2 Å². The molecule has 21 heavy (non-hydrogen) atoms. The minimum Gasteiger partial charge on any atom is -0.352 e. The third-order valence-electron chi connectivity index (χ3n) is 2.73. The lowest BCUT2D eigenvalue weighted by molar-refractivity contribution is 0.581. The van der Waals surface area contributed by atoms with Crippen molar-refractivity contribution in [2.45, 2.75) is 13.1 Å². The molecule has 1 aromatic carbocycles. The lowest BCUT2D eigenvalue weighted by Gasteiger charge is -2.11. The molecular formula is C14H14BrF2N3S.